The van der Waals surface area contributed by atoms with Gasteiger partial charge in [0.1, 0.15) is 12.2 Å². The number of aromatic nitrogens is 5. The summed E-state index contributed by atoms with van der Waals surface area (Å²) in [6.07, 6.45) is -4.13. The summed E-state index contributed by atoms with van der Waals surface area (Å²) in [5, 5.41) is 4.60. The van der Waals surface area contributed by atoms with Crippen LogP contribution in [-0.4, -0.2) is 56.7 Å². The monoisotopic (exact) mass is 467 g/mol. The molecule has 8 nitrogen and oxygen atoms in total. The van der Waals surface area contributed by atoms with Crippen LogP contribution in [0, 0.1) is 12.3 Å². The third kappa shape index (κ3) is 3.55. The van der Waals surface area contributed by atoms with Gasteiger partial charge in [0, 0.05) is 37.7 Å². The predicted octanol–water partition coefficient (Wildman–Crippen LogP) is 3.06. The molecule has 0 bridgehead atoms. The van der Waals surface area contributed by atoms with Crippen LogP contribution >= 0.6 is 0 Å². The Hall–Kier alpha value is -3.38. The highest BCUT2D eigenvalue weighted by atomic mass is 19.4. The molecule has 0 saturated carbocycles. The quantitative estimate of drug-likeness (QED) is 0.549. The van der Waals surface area contributed by atoms with E-state index in [-0.39, 0.29) is 30.6 Å². The third-order valence-electron chi connectivity index (χ3n) is 6.11. The number of anilines is 2. The number of hydrogen-bond donors (Lipinski definition) is 0. The summed E-state index contributed by atoms with van der Waals surface area (Å²) in [7, 11) is 0. The van der Waals surface area contributed by atoms with E-state index in [0.717, 1.165) is 16.9 Å². The van der Waals surface area contributed by atoms with Crippen molar-refractivity contribution >= 4 is 28.6 Å². The minimum Gasteiger partial charge on any atom is -0.369 e. The van der Waals surface area contributed by atoms with Crippen molar-refractivity contribution in [2.24, 2.45) is 5.41 Å². The average molecular weight is 467 g/mol. The van der Waals surface area contributed by atoms with Gasteiger partial charge in [-0.05, 0) is 25.5 Å². The lowest BCUT2D eigenvalue weighted by atomic mass is 9.78. The van der Waals surface area contributed by atoms with Gasteiger partial charge < -0.3 is 4.90 Å². The molecule has 3 aromatic rings. The Morgan fingerprint density at radius 2 is 1.97 bits per heavy atom. The van der Waals surface area contributed by atoms with E-state index in [1.807, 2.05) is 0 Å². The van der Waals surface area contributed by atoms with E-state index in [1.165, 1.54) is 17.2 Å². The molecular formula is C20H18F5N7O. The molecule has 2 aliphatic rings. The number of nitrogens with zero attached hydrogens (tertiary/aromatic N) is 7. The summed E-state index contributed by atoms with van der Waals surface area (Å²) in [6, 6.07) is 2.44. The fraction of sp³-hybridized carbons (Fsp3) is 0.450. The number of alkyl halides is 5. The van der Waals surface area contributed by atoms with E-state index in [1.54, 1.807) is 11.8 Å². The highest BCUT2D eigenvalue weighted by molar-refractivity contribution is 6.01. The van der Waals surface area contributed by atoms with Crippen molar-refractivity contribution in [2.45, 2.75) is 32.5 Å². The van der Waals surface area contributed by atoms with Gasteiger partial charge in [0.25, 0.3) is 6.43 Å². The molecule has 0 N–H and O–H groups in total. The number of carbonyl (C=O) groups is 1. The number of halogens is 5. The van der Waals surface area contributed by atoms with E-state index < -0.39 is 30.3 Å². The van der Waals surface area contributed by atoms with Crippen LogP contribution in [0.3, 0.4) is 0 Å². The van der Waals surface area contributed by atoms with Crippen LogP contribution in [0.5, 0.6) is 0 Å². The highest BCUT2D eigenvalue weighted by Gasteiger charge is 2.55. The van der Waals surface area contributed by atoms with Crippen molar-refractivity contribution in [1.82, 2.24) is 24.7 Å². The molecule has 0 aromatic carbocycles. The van der Waals surface area contributed by atoms with Crippen molar-refractivity contribution < 1.29 is 26.7 Å². The molecule has 13 heteroatoms. The minimum atomic E-state index is -4.55. The normalized spacial score (nSPS) is 18.1. The molecule has 0 atom stereocenters. The first-order valence-electron chi connectivity index (χ1n) is 10.2. The topological polar surface area (TPSA) is 80.0 Å². The molecule has 0 radical (unpaired) electrons. The number of rotatable bonds is 4. The lowest BCUT2D eigenvalue weighted by Crippen LogP contribution is -2.60. The number of carbonyl (C=O) groups excluding carboxylic acids is 1. The Bertz CT molecular complexity index is 1240. The van der Waals surface area contributed by atoms with Crippen LogP contribution < -0.4 is 9.80 Å². The van der Waals surface area contributed by atoms with Crippen LogP contribution in [0.25, 0.3) is 11.0 Å². The SMILES string of the molecule is Cc1nn(CC(F)F)c2nc(N3CCC4(CN(c5ccnc(C(F)(F)F)c5)C4)C3=O)ncc12. The van der Waals surface area contributed by atoms with Crippen molar-refractivity contribution in [3.63, 3.8) is 0 Å². The molecular weight excluding hydrogens is 449 g/mol. The zero-order valence-corrected chi connectivity index (χ0v) is 17.4. The molecule has 33 heavy (non-hydrogen) atoms. The lowest BCUT2D eigenvalue weighted by molar-refractivity contribution is -0.141. The summed E-state index contributed by atoms with van der Waals surface area (Å²) < 4.78 is 65.8. The van der Waals surface area contributed by atoms with Gasteiger partial charge in [0.05, 0.1) is 16.5 Å². The van der Waals surface area contributed by atoms with Crippen LogP contribution in [0.1, 0.15) is 17.8 Å². The smallest absolute Gasteiger partial charge is 0.369 e. The molecule has 5 heterocycles. The Balaban J connectivity index is 1.36. The number of fused-ring (bicyclic) bond motifs is 1. The first-order chi connectivity index (χ1) is 15.6. The Kier molecular flexibility index (Phi) is 4.76. The third-order valence-corrected chi connectivity index (χ3v) is 6.11. The van der Waals surface area contributed by atoms with Gasteiger partial charge >= 0.3 is 6.18 Å². The minimum absolute atomic E-state index is 0.0986. The second kappa shape index (κ2) is 7.32. The van der Waals surface area contributed by atoms with Crippen LogP contribution in [0.4, 0.5) is 33.6 Å². The van der Waals surface area contributed by atoms with Crippen molar-refractivity contribution in [2.75, 3.05) is 29.4 Å². The summed E-state index contributed by atoms with van der Waals surface area (Å²) >= 11 is 0. The summed E-state index contributed by atoms with van der Waals surface area (Å²) in [5.74, 6) is -0.138. The van der Waals surface area contributed by atoms with Gasteiger partial charge in [0.15, 0.2) is 5.65 Å². The summed E-state index contributed by atoms with van der Waals surface area (Å²) in [6.45, 7) is 1.88. The molecule has 3 aromatic heterocycles. The molecule has 2 fully saturated rings. The van der Waals surface area contributed by atoms with E-state index >= 15 is 0 Å². The molecule has 0 unspecified atom stereocenters. The molecule has 174 valence electrons. The summed E-state index contributed by atoms with van der Waals surface area (Å²) in [5.41, 5.74) is -0.667. The molecule has 2 aliphatic heterocycles. The molecule has 1 amide bonds. The molecule has 5 rings (SSSR count). The van der Waals surface area contributed by atoms with E-state index in [4.69, 9.17) is 0 Å². The van der Waals surface area contributed by atoms with Gasteiger partial charge in [-0.1, -0.05) is 0 Å². The Morgan fingerprint density at radius 3 is 2.67 bits per heavy atom. The summed E-state index contributed by atoms with van der Waals surface area (Å²) in [4.78, 5) is 28.2. The van der Waals surface area contributed by atoms with E-state index in [9.17, 15) is 26.7 Å². The maximum absolute atomic E-state index is 13.2. The number of amides is 1. The standard InChI is InChI=1S/C20H18F5N7O/c1-11-13-7-27-18(28-16(13)32(29-11)8-15(21)22)31-5-3-19(17(31)33)9-30(10-19)12-2-4-26-14(6-12)20(23,24)25/h2,4,6-7,15H,3,5,8-10H2,1H3. The van der Waals surface area contributed by atoms with E-state index in [0.29, 0.717) is 29.7 Å². The molecule has 2 saturated heterocycles. The maximum Gasteiger partial charge on any atom is 0.433 e. The number of aryl methyl sites for hydroxylation is 1. The number of pyridine rings is 1. The number of hydrogen-bond acceptors (Lipinski definition) is 6. The van der Waals surface area contributed by atoms with Crippen LogP contribution in [-0.2, 0) is 17.5 Å². The van der Waals surface area contributed by atoms with Crippen molar-refractivity contribution in [3.05, 3.63) is 35.9 Å². The zero-order chi connectivity index (χ0) is 23.5. The first-order valence-corrected chi connectivity index (χ1v) is 10.2. The van der Waals surface area contributed by atoms with Crippen molar-refractivity contribution in [3.8, 4) is 0 Å². The van der Waals surface area contributed by atoms with Crippen molar-refractivity contribution in [1.29, 1.82) is 0 Å². The maximum atomic E-state index is 13.2. The van der Waals surface area contributed by atoms with Gasteiger partial charge in [0.2, 0.25) is 11.9 Å². The molecule has 1 spiro atoms. The predicted molar refractivity (Wildman–Crippen MR) is 107 cm³/mol. The largest absolute Gasteiger partial charge is 0.433 e. The second-order valence-electron chi connectivity index (χ2n) is 8.31. The Labute approximate surface area is 184 Å². The fourth-order valence-electron chi connectivity index (χ4n) is 4.43. The van der Waals surface area contributed by atoms with Gasteiger partial charge in [-0.3, -0.25) is 14.7 Å². The van der Waals surface area contributed by atoms with Gasteiger partial charge in [-0.25, -0.2) is 18.4 Å². The fourth-order valence-corrected chi connectivity index (χ4v) is 4.43. The van der Waals surface area contributed by atoms with Crippen LogP contribution in [0.2, 0.25) is 0 Å². The average Bonchev–Trinajstić information content (AvgIpc) is 3.23. The molecule has 0 aliphatic carbocycles. The van der Waals surface area contributed by atoms with E-state index in [2.05, 4.69) is 20.1 Å². The van der Waals surface area contributed by atoms with Crippen LogP contribution in [0.15, 0.2) is 24.5 Å². The first kappa shape index (κ1) is 21.5. The Morgan fingerprint density at radius 1 is 1.21 bits per heavy atom. The van der Waals surface area contributed by atoms with Gasteiger partial charge in [-0.15, -0.1) is 0 Å². The zero-order valence-electron chi connectivity index (χ0n) is 17.4. The second-order valence-corrected chi connectivity index (χ2v) is 8.31. The highest BCUT2D eigenvalue weighted by Crippen LogP contribution is 2.44. The lowest BCUT2D eigenvalue weighted by Gasteiger charge is -2.47. The van der Waals surface area contributed by atoms with Gasteiger partial charge in [-0.2, -0.15) is 23.3 Å².